The van der Waals surface area contributed by atoms with Gasteiger partial charge in [0.05, 0.1) is 12.6 Å². The van der Waals surface area contributed by atoms with E-state index in [1.807, 2.05) is 12.1 Å². The summed E-state index contributed by atoms with van der Waals surface area (Å²) in [5.41, 5.74) is 13.0. The summed E-state index contributed by atoms with van der Waals surface area (Å²) in [5, 5.41) is 11.3. The number of nitrogens with one attached hydrogen (secondary N) is 1. The number of thioether (sulfide) groups is 1. The topological polar surface area (TPSA) is 72.5 Å². The number of aromatic amines is 1. The number of benzene rings is 3. The number of H-pyrrole nitrogens is 1. The molecule has 0 amide bonds. The summed E-state index contributed by atoms with van der Waals surface area (Å²) in [6.07, 6.45) is 2.75. The van der Waals surface area contributed by atoms with Crippen LogP contribution in [0.3, 0.4) is 0 Å². The van der Waals surface area contributed by atoms with Crippen LogP contribution in [-0.2, 0) is 24.1 Å². The van der Waals surface area contributed by atoms with Crippen LogP contribution >= 0.6 is 11.8 Å². The molecule has 2 heterocycles. The highest BCUT2D eigenvalue weighted by Gasteiger charge is 2.21. The number of para-hydroxylation sites is 1. The number of fused-ring (bicyclic) bond motifs is 1. The van der Waals surface area contributed by atoms with Gasteiger partial charge >= 0.3 is 0 Å². The molecular formula is C30H33N5S. The Morgan fingerprint density at radius 3 is 2.36 bits per heavy atom. The Balaban J connectivity index is 1.39. The SMILES string of the molecule is CC(C)(C)c1ccc(CSc2nnc(C(N)Cc3c[nH]c4ccccc34)n2Cc2ccccc2)cc1. The van der Waals surface area contributed by atoms with E-state index in [0.717, 1.165) is 22.3 Å². The van der Waals surface area contributed by atoms with Gasteiger partial charge in [-0.3, -0.25) is 0 Å². The number of hydrogen-bond donors (Lipinski definition) is 2. The smallest absolute Gasteiger partial charge is 0.191 e. The van der Waals surface area contributed by atoms with Crippen LogP contribution in [0.2, 0.25) is 0 Å². The first-order valence-electron chi connectivity index (χ1n) is 12.4. The Kier molecular flexibility index (Phi) is 6.99. The fourth-order valence-electron chi connectivity index (χ4n) is 4.47. The zero-order valence-electron chi connectivity index (χ0n) is 21.1. The van der Waals surface area contributed by atoms with E-state index < -0.39 is 0 Å². The fraction of sp³-hybridized carbons (Fsp3) is 0.267. The van der Waals surface area contributed by atoms with Crippen LogP contribution in [0.25, 0.3) is 10.9 Å². The molecule has 0 saturated heterocycles. The number of nitrogens with zero attached hydrogens (tertiary/aromatic N) is 3. The quantitative estimate of drug-likeness (QED) is 0.237. The van der Waals surface area contributed by atoms with Gasteiger partial charge in [0.1, 0.15) is 0 Å². The first kappa shape index (κ1) is 24.3. The minimum Gasteiger partial charge on any atom is -0.361 e. The van der Waals surface area contributed by atoms with Crippen LogP contribution < -0.4 is 5.73 Å². The summed E-state index contributed by atoms with van der Waals surface area (Å²) in [6.45, 7) is 7.41. The molecule has 6 heteroatoms. The lowest BCUT2D eigenvalue weighted by atomic mass is 9.87. The number of hydrogen-bond acceptors (Lipinski definition) is 4. The highest BCUT2D eigenvalue weighted by atomic mass is 32.2. The fourth-order valence-corrected chi connectivity index (χ4v) is 5.37. The molecule has 1 atom stereocenters. The molecular weight excluding hydrogens is 462 g/mol. The van der Waals surface area contributed by atoms with Crippen LogP contribution in [-0.4, -0.2) is 19.7 Å². The standard InChI is InChI=1S/C30H33N5S/c1-30(2,3)24-15-13-22(14-16-24)20-36-29-34-33-28(35(29)19-21-9-5-4-6-10-21)26(31)17-23-18-32-27-12-8-7-11-25(23)27/h4-16,18,26,32H,17,19-20,31H2,1-3H3. The van der Waals surface area contributed by atoms with E-state index in [1.54, 1.807) is 11.8 Å². The molecule has 0 spiro atoms. The minimum absolute atomic E-state index is 0.150. The number of rotatable bonds is 8. The maximum atomic E-state index is 6.76. The van der Waals surface area contributed by atoms with E-state index in [1.165, 1.54) is 27.6 Å². The first-order valence-corrected chi connectivity index (χ1v) is 13.4. The molecule has 2 aromatic heterocycles. The zero-order valence-corrected chi connectivity index (χ0v) is 21.9. The van der Waals surface area contributed by atoms with Crippen molar-refractivity contribution in [3.05, 3.63) is 113 Å². The third kappa shape index (κ3) is 5.40. The van der Waals surface area contributed by atoms with E-state index in [9.17, 15) is 0 Å². The molecule has 0 saturated carbocycles. The lowest BCUT2D eigenvalue weighted by molar-refractivity contribution is 0.589. The Hall–Kier alpha value is -3.35. The van der Waals surface area contributed by atoms with Gasteiger partial charge < -0.3 is 15.3 Å². The summed E-state index contributed by atoms with van der Waals surface area (Å²) in [5.74, 6) is 1.64. The van der Waals surface area contributed by atoms with Crippen LogP contribution in [0.15, 0.2) is 90.2 Å². The Morgan fingerprint density at radius 2 is 1.61 bits per heavy atom. The van der Waals surface area contributed by atoms with Crippen LogP contribution in [0.1, 0.15) is 54.9 Å². The summed E-state index contributed by atoms with van der Waals surface area (Å²) >= 11 is 1.71. The summed E-state index contributed by atoms with van der Waals surface area (Å²) in [4.78, 5) is 3.35. The van der Waals surface area contributed by atoms with Crippen molar-refractivity contribution in [1.29, 1.82) is 0 Å². The lowest BCUT2D eigenvalue weighted by Gasteiger charge is -2.19. The van der Waals surface area contributed by atoms with Crippen LogP contribution in [0, 0.1) is 0 Å². The van der Waals surface area contributed by atoms with Crippen LogP contribution in [0.5, 0.6) is 0 Å². The molecule has 36 heavy (non-hydrogen) atoms. The van der Waals surface area contributed by atoms with Crippen molar-refractivity contribution in [3.63, 3.8) is 0 Å². The molecule has 0 fully saturated rings. The number of nitrogens with two attached hydrogens (primary N) is 1. The van der Waals surface area contributed by atoms with Gasteiger partial charge in [0.2, 0.25) is 0 Å². The molecule has 0 aliphatic heterocycles. The maximum absolute atomic E-state index is 6.76. The van der Waals surface area contributed by atoms with Gasteiger partial charge in [0.25, 0.3) is 0 Å². The molecule has 0 bridgehead atoms. The second kappa shape index (κ2) is 10.3. The van der Waals surface area contributed by atoms with Gasteiger partial charge in [-0.25, -0.2) is 0 Å². The zero-order chi connectivity index (χ0) is 25.1. The van der Waals surface area contributed by atoms with Crippen molar-refractivity contribution in [3.8, 4) is 0 Å². The predicted molar refractivity (Wildman–Crippen MR) is 149 cm³/mol. The normalized spacial score (nSPS) is 12.8. The van der Waals surface area contributed by atoms with Crippen molar-refractivity contribution < 1.29 is 0 Å². The van der Waals surface area contributed by atoms with Crippen LogP contribution in [0.4, 0.5) is 0 Å². The average Bonchev–Trinajstić information content (AvgIpc) is 3.47. The summed E-state index contributed by atoms with van der Waals surface area (Å²) in [6, 6.07) is 27.4. The second-order valence-electron chi connectivity index (χ2n) is 10.3. The Bertz CT molecular complexity index is 1430. The van der Waals surface area contributed by atoms with Gasteiger partial charge in [-0.05, 0) is 40.2 Å². The third-order valence-electron chi connectivity index (χ3n) is 6.56. The van der Waals surface area contributed by atoms with E-state index >= 15 is 0 Å². The lowest BCUT2D eigenvalue weighted by Crippen LogP contribution is -2.20. The molecule has 5 rings (SSSR count). The molecule has 5 aromatic rings. The predicted octanol–water partition coefficient (Wildman–Crippen LogP) is 6.64. The maximum Gasteiger partial charge on any atom is 0.191 e. The van der Waals surface area contributed by atoms with Gasteiger partial charge in [-0.15, -0.1) is 10.2 Å². The average molecular weight is 496 g/mol. The van der Waals surface area contributed by atoms with Gasteiger partial charge in [0.15, 0.2) is 11.0 Å². The molecule has 3 N–H and O–H groups in total. The van der Waals surface area contributed by atoms with Crippen molar-refractivity contribution in [1.82, 2.24) is 19.7 Å². The molecule has 5 nitrogen and oxygen atoms in total. The molecule has 1 unspecified atom stereocenters. The van der Waals surface area contributed by atoms with Gasteiger partial charge in [-0.1, -0.05) is 105 Å². The van der Waals surface area contributed by atoms with Crippen molar-refractivity contribution in [2.75, 3.05) is 0 Å². The highest BCUT2D eigenvalue weighted by molar-refractivity contribution is 7.98. The molecule has 0 radical (unpaired) electrons. The monoisotopic (exact) mass is 495 g/mol. The van der Waals surface area contributed by atoms with E-state index in [0.29, 0.717) is 13.0 Å². The summed E-state index contributed by atoms with van der Waals surface area (Å²) < 4.78 is 2.18. The molecule has 184 valence electrons. The third-order valence-corrected chi connectivity index (χ3v) is 7.60. The molecule has 0 aliphatic carbocycles. The van der Waals surface area contributed by atoms with E-state index in [2.05, 4.69) is 113 Å². The van der Waals surface area contributed by atoms with Crippen molar-refractivity contribution in [2.24, 2.45) is 5.73 Å². The largest absolute Gasteiger partial charge is 0.361 e. The van der Waals surface area contributed by atoms with Crippen molar-refractivity contribution in [2.45, 2.75) is 56.1 Å². The summed E-state index contributed by atoms with van der Waals surface area (Å²) in [7, 11) is 0. The van der Waals surface area contributed by atoms with Gasteiger partial charge in [-0.2, -0.15) is 0 Å². The molecule has 3 aromatic carbocycles. The van der Waals surface area contributed by atoms with E-state index in [-0.39, 0.29) is 11.5 Å². The molecule has 0 aliphatic rings. The Labute approximate surface area is 217 Å². The van der Waals surface area contributed by atoms with E-state index in [4.69, 9.17) is 5.73 Å². The first-order chi connectivity index (χ1) is 17.4. The van der Waals surface area contributed by atoms with Gasteiger partial charge in [0, 0.05) is 22.9 Å². The number of aromatic nitrogens is 4. The van der Waals surface area contributed by atoms with Crippen molar-refractivity contribution >= 4 is 22.7 Å². The minimum atomic E-state index is -0.263. The Morgan fingerprint density at radius 1 is 0.889 bits per heavy atom. The highest BCUT2D eigenvalue weighted by Crippen LogP contribution is 2.29. The second-order valence-corrected chi connectivity index (χ2v) is 11.3.